The van der Waals surface area contributed by atoms with Gasteiger partial charge >= 0.3 is 5.97 Å². The third-order valence-corrected chi connectivity index (χ3v) is 3.74. The van der Waals surface area contributed by atoms with Crippen LogP contribution >= 0.6 is 0 Å². The molecule has 1 amide bonds. The summed E-state index contributed by atoms with van der Waals surface area (Å²) in [6.07, 6.45) is -0.0350. The largest absolute Gasteiger partial charge is 0.496 e. The highest BCUT2D eigenvalue weighted by Gasteiger charge is 2.19. The lowest BCUT2D eigenvalue weighted by molar-refractivity contribution is -0.137. The Labute approximate surface area is 141 Å². The van der Waals surface area contributed by atoms with Crippen LogP contribution in [0, 0.1) is 6.92 Å². The van der Waals surface area contributed by atoms with Gasteiger partial charge in [0.25, 0.3) is 0 Å². The van der Waals surface area contributed by atoms with Crippen molar-refractivity contribution in [2.45, 2.75) is 25.8 Å². The number of ether oxygens (including phenoxy) is 1. The number of hydrogen-bond donors (Lipinski definition) is 2. The number of methoxy groups -OCH3 is 1. The number of carboxylic acid groups (broad SMARTS) is 1. The number of hydrogen-bond acceptors (Lipinski definition) is 3. The van der Waals surface area contributed by atoms with Gasteiger partial charge in [0.2, 0.25) is 5.91 Å². The van der Waals surface area contributed by atoms with Crippen LogP contribution in [0.4, 0.5) is 0 Å². The Bertz CT molecular complexity index is 710. The number of nitrogens with one attached hydrogen (secondary N) is 1. The van der Waals surface area contributed by atoms with Crippen LogP contribution in [0.25, 0.3) is 0 Å². The summed E-state index contributed by atoms with van der Waals surface area (Å²) in [5.74, 6) is -0.567. The summed E-state index contributed by atoms with van der Waals surface area (Å²) in [5, 5.41) is 11.9. The van der Waals surface area contributed by atoms with Gasteiger partial charge in [-0.15, -0.1) is 0 Å². The van der Waals surface area contributed by atoms with Crippen molar-refractivity contribution in [1.82, 2.24) is 5.32 Å². The Morgan fingerprint density at radius 1 is 1.12 bits per heavy atom. The van der Waals surface area contributed by atoms with Crippen molar-refractivity contribution < 1.29 is 19.4 Å². The summed E-state index contributed by atoms with van der Waals surface area (Å²) in [7, 11) is 1.55. The van der Waals surface area contributed by atoms with Gasteiger partial charge < -0.3 is 15.2 Å². The van der Waals surface area contributed by atoms with E-state index in [-0.39, 0.29) is 18.7 Å². The highest BCUT2D eigenvalue weighted by molar-refractivity contribution is 5.80. The van der Waals surface area contributed by atoms with Gasteiger partial charge in [-0.1, -0.05) is 48.0 Å². The lowest BCUT2D eigenvalue weighted by Gasteiger charge is -2.18. The molecule has 0 spiro atoms. The smallest absolute Gasteiger partial charge is 0.305 e. The average Bonchev–Trinajstić information content (AvgIpc) is 2.55. The zero-order chi connectivity index (χ0) is 17.5. The van der Waals surface area contributed by atoms with Gasteiger partial charge in [-0.05, 0) is 18.6 Å². The summed E-state index contributed by atoms with van der Waals surface area (Å²) in [4.78, 5) is 23.5. The van der Waals surface area contributed by atoms with E-state index in [9.17, 15) is 9.59 Å². The summed E-state index contributed by atoms with van der Waals surface area (Å²) < 4.78 is 5.24. The molecule has 2 rings (SSSR count). The van der Waals surface area contributed by atoms with E-state index >= 15 is 0 Å². The van der Waals surface area contributed by atoms with Crippen LogP contribution < -0.4 is 10.1 Å². The Balaban J connectivity index is 2.12. The molecule has 126 valence electrons. The molecular formula is C19H21NO4. The Hall–Kier alpha value is -2.82. The van der Waals surface area contributed by atoms with Crippen LogP contribution in [0.5, 0.6) is 5.75 Å². The van der Waals surface area contributed by atoms with E-state index in [0.717, 1.165) is 16.7 Å². The fourth-order valence-electron chi connectivity index (χ4n) is 2.49. The summed E-state index contributed by atoms with van der Waals surface area (Å²) in [5.41, 5.74) is 2.61. The molecule has 0 aromatic heterocycles. The lowest BCUT2D eigenvalue weighted by atomic mass is 10.0. The SMILES string of the molecule is COc1ccccc1CC(=O)N[C@@H](CC(=O)O)c1ccc(C)cc1. The number of rotatable bonds is 7. The quantitative estimate of drug-likeness (QED) is 0.820. The number of carboxylic acids is 1. The van der Waals surface area contributed by atoms with Crippen LogP contribution in [0.2, 0.25) is 0 Å². The number of benzene rings is 2. The third-order valence-electron chi connectivity index (χ3n) is 3.74. The molecule has 0 aliphatic heterocycles. The average molecular weight is 327 g/mol. The van der Waals surface area contributed by atoms with E-state index < -0.39 is 12.0 Å². The van der Waals surface area contributed by atoms with Crippen LogP contribution in [0.1, 0.15) is 29.2 Å². The maximum atomic E-state index is 12.4. The minimum absolute atomic E-state index is 0.131. The first-order valence-corrected chi connectivity index (χ1v) is 7.69. The fourth-order valence-corrected chi connectivity index (χ4v) is 2.49. The summed E-state index contributed by atoms with van der Waals surface area (Å²) >= 11 is 0. The fraction of sp³-hybridized carbons (Fsp3) is 0.263. The number of aliphatic carboxylic acids is 1. The van der Waals surface area contributed by atoms with Crippen molar-refractivity contribution in [2.75, 3.05) is 7.11 Å². The first kappa shape index (κ1) is 17.5. The zero-order valence-electron chi connectivity index (χ0n) is 13.8. The molecule has 0 bridgehead atoms. The predicted molar refractivity (Wildman–Crippen MR) is 91.0 cm³/mol. The van der Waals surface area contributed by atoms with Crippen molar-refractivity contribution in [1.29, 1.82) is 0 Å². The van der Waals surface area contributed by atoms with Crippen LogP contribution in [0.15, 0.2) is 48.5 Å². The molecule has 0 fully saturated rings. The number of carbonyl (C=O) groups is 2. The molecule has 0 aliphatic rings. The van der Waals surface area contributed by atoms with Crippen molar-refractivity contribution in [3.8, 4) is 5.75 Å². The van der Waals surface area contributed by atoms with E-state index in [4.69, 9.17) is 9.84 Å². The molecule has 1 atom stereocenters. The molecule has 0 aliphatic carbocycles. The highest BCUT2D eigenvalue weighted by atomic mass is 16.5. The van der Waals surface area contributed by atoms with Gasteiger partial charge in [-0.3, -0.25) is 9.59 Å². The minimum atomic E-state index is -0.960. The molecule has 2 N–H and O–H groups in total. The molecule has 24 heavy (non-hydrogen) atoms. The molecule has 5 nitrogen and oxygen atoms in total. The van der Waals surface area contributed by atoms with Crippen molar-refractivity contribution >= 4 is 11.9 Å². The standard InChI is InChI=1S/C19H21NO4/c1-13-7-9-14(10-8-13)16(12-19(22)23)20-18(21)11-15-5-3-4-6-17(15)24-2/h3-10,16H,11-12H2,1-2H3,(H,20,21)(H,22,23)/t16-/m0/s1. The molecular weight excluding hydrogens is 306 g/mol. The van der Waals surface area contributed by atoms with E-state index in [1.807, 2.05) is 49.4 Å². The molecule has 0 saturated carbocycles. The Morgan fingerprint density at radius 2 is 1.79 bits per heavy atom. The molecule has 0 saturated heterocycles. The van der Waals surface area contributed by atoms with Gasteiger partial charge in [-0.25, -0.2) is 0 Å². The number of amides is 1. The van der Waals surface area contributed by atoms with Crippen molar-refractivity contribution in [3.05, 3.63) is 65.2 Å². The van der Waals surface area contributed by atoms with Crippen LogP contribution in [-0.4, -0.2) is 24.1 Å². The van der Waals surface area contributed by atoms with Crippen molar-refractivity contribution in [3.63, 3.8) is 0 Å². The zero-order valence-corrected chi connectivity index (χ0v) is 13.8. The molecule has 2 aromatic carbocycles. The molecule has 0 radical (unpaired) electrons. The van der Waals surface area contributed by atoms with Crippen molar-refractivity contribution in [2.24, 2.45) is 0 Å². The summed E-state index contributed by atoms with van der Waals surface area (Å²) in [6, 6.07) is 14.2. The number of aryl methyl sites for hydroxylation is 1. The Morgan fingerprint density at radius 3 is 2.42 bits per heavy atom. The van der Waals surface area contributed by atoms with Gasteiger partial charge in [-0.2, -0.15) is 0 Å². The van der Waals surface area contributed by atoms with Gasteiger partial charge in [0, 0.05) is 5.56 Å². The lowest BCUT2D eigenvalue weighted by Crippen LogP contribution is -2.31. The van der Waals surface area contributed by atoms with E-state index in [2.05, 4.69) is 5.32 Å². The predicted octanol–water partition coefficient (Wildman–Crippen LogP) is 2.88. The maximum Gasteiger partial charge on any atom is 0.305 e. The number of carbonyl (C=O) groups excluding carboxylic acids is 1. The third kappa shape index (κ3) is 4.84. The first-order chi connectivity index (χ1) is 11.5. The topological polar surface area (TPSA) is 75.6 Å². The van der Waals surface area contributed by atoms with Gasteiger partial charge in [0.1, 0.15) is 5.75 Å². The minimum Gasteiger partial charge on any atom is -0.496 e. The van der Waals surface area contributed by atoms with Crippen LogP contribution in [0.3, 0.4) is 0 Å². The normalized spacial score (nSPS) is 11.6. The van der Waals surface area contributed by atoms with E-state index in [0.29, 0.717) is 5.75 Å². The maximum absolute atomic E-state index is 12.4. The van der Waals surface area contributed by atoms with Crippen LogP contribution in [-0.2, 0) is 16.0 Å². The summed E-state index contributed by atoms with van der Waals surface area (Å²) in [6.45, 7) is 1.95. The molecule has 0 heterocycles. The highest BCUT2D eigenvalue weighted by Crippen LogP contribution is 2.20. The monoisotopic (exact) mass is 327 g/mol. The Kier molecular flexibility index (Phi) is 5.95. The second-order valence-corrected chi connectivity index (χ2v) is 5.62. The second kappa shape index (κ2) is 8.15. The molecule has 0 unspecified atom stereocenters. The van der Waals surface area contributed by atoms with Gasteiger partial charge in [0.05, 0.1) is 26.0 Å². The second-order valence-electron chi connectivity index (χ2n) is 5.62. The van der Waals surface area contributed by atoms with Gasteiger partial charge in [0.15, 0.2) is 0 Å². The molecule has 5 heteroatoms. The number of para-hydroxylation sites is 1. The van der Waals surface area contributed by atoms with E-state index in [1.54, 1.807) is 13.2 Å². The first-order valence-electron chi connectivity index (χ1n) is 7.69. The van der Waals surface area contributed by atoms with E-state index in [1.165, 1.54) is 0 Å². The molecule has 2 aromatic rings.